The molecule has 1 heterocycles. The van der Waals surface area contributed by atoms with Gasteiger partial charge in [-0.3, -0.25) is 0 Å². The summed E-state index contributed by atoms with van der Waals surface area (Å²) in [5, 5.41) is 3.08. The van der Waals surface area contributed by atoms with Crippen LogP contribution in [0.4, 0.5) is 4.39 Å². The number of rotatable bonds is 4. The highest BCUT2D eigenvalue weighted by atomic mass is 35.5. The van der Waals surface area contributed by atoms with Crippen LogP contribution in [0.15, 0.2) is 24.3 Å². The Morgan fingerprint density at radius 1 is 1.37 bits per heavy atom. The number of nitrogens with zero attached hydrogens (tertiary/aromatic N) is 1. The molecule has 4 nitrogen and oxygen atoms in total. The molecule has 7 heteroatoms. The van der Waals surface area contributed by atoms with Gasteiger partial charge in [0.25, 0.3) is 0 Å². The maximum atomic E-state index is 12.7. The second kappa shape index (κ2) is 6.65. The molecular formula is C12H18ClFN2O2S. The van der Waals surface area contributed by atoms with E-state index in [1.54, 1.807) is 0 Å². The topological polar surface area (TPSA) is 49.4 Å². The molecule has 19 heavy (non-hydrogen) atoms. The molecule has 108 valence electrons. The third kappa shape index (κ3) is 4.14. The summed E-state index contributed by atoms with van der Waals surface area (Å²) in [5.41, 5.74) is 0.615. The molecule has 1 N–H and O–H groups in total. The number of sulfonamides is 1. The second-order valence-electron chi connectivity index (χ2n) is 4.51. The second-order valence-corrected chi connectivity index (χ2v) is 6.48. The molecule has 0 aromatic heterocycles. The van der Waals surface area contributed by atoms with Gasteiger partial charge in [0.2, 0.25) is 10.0 Å². The van der Waals surface area contributed by atoms with Gasteiger partial charge in [0.15, 0.2) is 0 Å². The first kappa shape index (κ1) is 16.4. The van der Waals surface area contributed by atoms with Crippen molar-refractivity contribution in [2.24, 2.45) is 0 Å². The smallest absolute Gasteiger partial charge is 0.218 e. The molecule has 1 fully saturated rings. The van der Waals surface area contributed by atoms with Gasteiger partial charge in [-0.2, -0.15) is 0 Å². The Morgan fingerprint density at radius 2 is 2.00 bits per heavy atom. The molecule has 1 aliphatic heterocycles. The first-order chi connectivity index (χ1) is 8.51. The van der Waals surface area contributed by atoms with Crippen LogP contribution in [0.25, 0.3) is 0 Å². The molecule has 1 aliphatic rings. The maximum absolute atomic E-state index is 12.7. The van der Waals surface area contributed by atoms with E-state index in [9.17, 15) is 12.8 Å². The SMILES string of the molecule is CNC1CCN(S(=O)(=O)Cc2ccc(F)cc2)C1.Cl. The lowest BCUT2D eigenvalue weighted by Crippen LogP contribution is -2.34. The highest BCUT2D eigenvalue weighted by Gasteiger charge is 2.30. The minimum atomic E-state index is -3.30. The molecule has 0 aliphatic carbocycles. The van der Waals surface area contributed by atoms with Crippen LogP contribution in [0.1, 0.15) is 12.0 Å². The zero-order valence-corrected chi connectivity index (χ0v) is 12.3. The Hall–Kier alpha value is -0.690. The van der Waals surface area contributed by atoms with Gasteiger partial charge in [-0.25, -0.2) is 17.1 Å². The minimum absolute atomic E-state index is 0. The molecule has 0 saturated carbocycles. The fraction of sp³-hybridized carbons (Fsp3) is 0.500. The molecule has 0 bridgehead atoms. The third-order valence-electron chi connectivity index (χ3n) is 3.21. The number of hydrogen-bond acceptors (Lipinski definition) is 3. The van der Waals surface area contributed by atoms with E-state index >= 15 is 0 Å². The molecule has 0 spiro atoms. The molecule has 1 unspecified atom stereocenters. The molecule has 2 rings (SSSR count). The van der Waals surface area contributed by atoms with E-state index in [0.29, 0.717) is 18.7 Å². The normalized spacial score (nSPS) is 20.2. The van der Waals surface area contributed by atoms with Crippen LogP contribution in [-0.2, 0) is 15.8 Å². The fourth-order valence-corrected chi connectivity index (χ4v) is 3.69. The van der Waals surface area contributed by atoms with E-state index in [1.807, 2.05) is 7.05 Å². The van der Waals surface area contributed by atoms with E-state index in [1.165, 1.54) is 28.6 Å². The number of likely N-dealkylation sites (N-methyl/N-ethyl adjacent to an activating group) is 1. The summed E-state index contributed by atoms with van der Waals surface area (Å²) in [7, 11) is -1.46. The summed E-state index contributed by atoms with van der Waals surface area (Å²) in [6.07, 6.45) is 0.832. The summed E-state index contributed by atoms with van der Waals surface area (Å²) in [4.78, 5) is 0. The van der Waals surface area contributed by atoms with Crippen LogP contribution in [0.3, 0.4) is 0 Å². The van der Waals surface area contributed by atoms with Crippen LogP contribution in [0, 0.1) is 5.82 Å². The van der Waals surface area contributed by atoms with Crippen LogP contribution in [-0.4, -0.2) is 38.9 Å². The zero-order valence-electron chi connectivity index (χ0n) is 10.7. The summed E-state index contributed by atoms with van der Waals surface area (Å²) in [6.45, 7) is 1.06. The Kier molecular flexibility index (Phi) is 5.73. The Morgan fingerprint density at radius 3 is 2.53 bits per heavy atom. The average Bonchev–Trinajstić information content (AvgIpc) is 2.81. The molecular weight excluding hydrogens is 291 g/mol. The lowest BCUT2D eigenvalue weighted by molar-refractivity contribution is 0.464. The summed E-state index contributed by atoms with van der Waals surface area (Å²) >= 11 is 0. The van der Waals surface area contributed by atoms with Crippen molar-refractivity contribution in [1.29, 1.82) is 0 Å². The van der Waals surface area contributed by atoms with Crippen LogP contribution >= 0.6 is 12.4 Å². The standard InChI is InChI=1S/C12H17FN2O2S.ClH/c1-14-12-6-7-15(8-12)18(16,17)9-10-2-4-11(13)5-3-10;/h2-5,12,14H,6-9H2,1H3;1H. The van der Waals surface area contributed by atoms with E-state index in [4.69, 9.17) is 0 Å². The van der Waals surface area contributed by atoms with Gasteiger partial charge in [0.05, 0.1) is 5.75 Å². The average molecular weight is 309 g/mol. The fourth-order valence-electron chi connectivity index (χ4n) is 2.10. The number of halogens is 2. The summed E-state index contributed by atoms with van der Waals surface area (Å²) in [5.74, 6) is -0.420. The van der Waals surface area contributed by atoms with E-state index in [2.05, 4.69) is 5.32 Å². The lowest BCUT2D eigenvalue weighted by atomic mass is 10.2. The lowest BCUT2D eigenvalue weighted by Gasteiger charge is -2.16. The molecule has 1 atom stereocenters. The van der Waals surface area contributed by atoms with Gasteiger partial charge in [-0.15, -0.1) is 12.4 Å². The molecule has 1 aromatic rings. The monoisotopic (exact) mass is 308 g/mol. The van der Waals surface area contributed by atoms with Gasteiger partial charge in [0, 0.05) is 19.1 Å². The summed E-state index contributed by atoms with van der Waals surface area (Å²) < 4.78 is 38.6. The van der Waals surface area contributed by atoms with Gasteiger partial charge in [-0.1, -0.05) is 12.1 Å². The van der Waals surface area contributed by atoms with Crippen molar-refractivity contribution in [3.05, 3.63) is 35.6 Å². The minimum Gasteiger partial charge on any atom is -0.316 e. The van der Waals surface area contributed by atoms with Crippen molar-refractivity contribution in [2.45, 2.75) is 18.2 Å². The van der Waals surface area contributed by atoms with Crippen molar-refractivity contribution in [1.82, 2.24) is 9.62 Å². The van der Waals surface area contributed by atoms with Crippen molar-refractivity contribution in [3.63, 3.8) is 0 Å². The number of benzene rings is 1. The molecule has 0 radical (unpaired) electrons. The Labute approximate surface area is 119 Å². The molecule has 0 amide bonds. The van der Waals surface area contributed by atoms with Crippen molar-refractivity contribution in [2.75, 3.05) is 20.1 Å². The summed E-state index contributed by atoms with van der Waals surface area (Å²) in [6, 6.07) is 5.82. The van der Waals surface area contributed by atoms with E-state index in [-0.39, 0.29) is 30.0 Å². The van der Waals surface area contributed by atoms with Crippen molar-refractivity contribution >= 4 is 22.4 Å². The third-order valence-corrected chi connectivity index (χ3v) is 5.03. The highest BCUT2D eigenvalue weighted by molar-refractivity contribution is 7.88. The number of nitrogens with one attached hydrogen (secondary N) is 1. The van der Waals surface area contributed by atoms with Crippen LogP contribution < -0.4 is 5.32 Å². The van der Waals surface area contributed by atoms with Crippen molar-refractivity contribution < 1.29 is 12.8 Å². The Bertz CT molecular complexity index is 507. The van der Waals surface area contributed by atoms with Gasteiger partial charge in [-0.05, 0) is 31.2 Å². The molecule has 1 saturated heterocycles. The van der Waals surface area contributed by atoms with Crippen molar-refractivity contribution in [3.8, 4) is 0 Å². The quantitative estimate of drug-likeness (QED) is 0.914. The predicted molar refractivity (Wildman–Crippen MR) is 75.3 cm³/mol. The zero-order chi connectivity index (χ0) is 13.2. The first-order valence-corrected chi connectivity index (χ1v) is 7.52. The molecule has 1 aromatic carbocycles. The van der Waals surface area contributed by atoms with E-state index < -0.39 is 10.0 Å². The predicted octanol–water partition coefficient (Wildman–Crippen LogP) is 1.37. The van der Waals surface area contributed by atoms with Gasteiger partial charge in [0.1, 0.15) is 5.82 Å². The van der Waals surface area contributed by atoms with Gasteiger partial charge < -0.3 is 5.32 Å². The van der Waals surface area contributed by atoms with E-state index in [0.717, 1.165) is 6.42 Å². The van der Waals surface area contributed by atoms with Gasteiger partial charge >= 0.3 is 0 Å². The van der Waals surface area contributed by atoms with Crippen LogP contribution in [0.5, 0.6) is 0 Å². The van der Waals surface area contributed by atoms with Crippen LogP contribution in [0.2, 0.25) is 0 Å². The highest BCUT2D eigenvalue weighted by Crippen LogP contribution is 2.17. The largest absolute Gasteiger partial charge is 0.316 e. The number of hydrogen-bond donors (Lipinski definition) is 1. The Balaban J connectivity index is 0.00000180. The first-order valence-electron chi connectivity index (χ1n) is 5.91. The maximum Gasteiger partial charge on any atom is 0.218 e.